The molecule has 0 radical (unpaired) electrons. The molecule has 0 aromatic carbocycles. The molecule has 0 bridgehead atoms. The van der Waals surface area contributed by atoms with Crippen molar-refractivity contribution in [3.05, 3.63) is 18.6 Å². The van der Waals surface area contributed by atoms with Crippen LogP contribution in [0, 0.1) is 0 Å². The number of carbonyl (C=O) groups excluding carboxylic acids is 1. The average molecular weight is 305 g/mol. The summed E-state index contributed by atoms with van der Waals surface area (Å²) in [6.45, 7) is 4.15. The number of carbonyl (C=O) groups is 1. The molecule has 2 aliphatic rings. The van der Waals surface area contributed by atoms with Crippen LogP contribution >= 0.6 is 0 Å². The van der Waals surface area contributed by atoms with E-state index in [0.717, 1.165) is 25.7 Å². The van der Waals surface area contributed by atoms with Gasteiger partial charge in [0.2, 0.25) is 11.8 Å². The molecule has 120 valence electrons. The third kappa shape index (κ3) is 3.38. The van der Waals surface area contributed by atoms with Crippen LogP contribution in [0.4, 0.5) is 0 Å². The fourth-order valence-electron chi connectivity index (χ4n) is 3.13. The highest BCUT2D eigenvalue weighted by Gasteiger charge is 2.49. The summed E-state index contributed by atoms with van der Waals surface area (Å²) in [5.74, 6) is 0.799. The van der Waals surface area contributed by atoms with Gasteiger partial charge in [0.1, 0.15) is 11.7 Å². The highest BCUT2D eigenvalue weighted by atomic mass is 16.5. The topological polar surface area (TPSA) is 64.6 Å². The third-order valence-corrected chi connectivity index (χ3v) is 4.33. The predicted molar refractivity (Wildman–Crippen MR) is 80.5 cm³/mol. The molecule has 0 saturated carbocycles. The van der Waals surface area contributed by atoms with Gasteiger partial charge in [-0.25, -0.2) is 4.98 Å². The Morgan fingerprint density at radius 1 is 1.50 bits per heavy atom. The number of unbranched alkanes of at least 4 members (excludes halogenated alkanes) is 1. The van der Waals surface area contributed by atoms with E-state index >= 15 is 0 Å². The number of likely N-dealkylation sites (tertiary alicyclic amines) is 1. The number of hydrogen-bond acceptors (Lipinski definition) is 5. The van der Waals surface area contributed by atoms with E-state index < -0.39 is 0 Å². The van der Waals surface area contributed by atoms with Gasteiger partial charge in [-0.15, -0.1) is 0 Å². The largest absolute Gasteiger partial charge is 0.473 e. The standard InChI is InChI=1S/C16H23N3O3/c1-2-3-4-15(20)19-11-16(12-19)9-13(5-8-21-16)22-14-10-17-6-7-18-14/h6-7,10,13H,2-5,8-9,11-12H2,1H3/t13-/m0/s1. The van der Waals surface area contributed by atoms with Gasteiger partial charge < -0.3 is 14.4 Å². The number of aromatic nitrogens is 2. The first-order chi connectivity index (χ1) is 10.7. The fraction of sp³-hybridized carbons (Fsp3) is 0.688. The number of rotatable bonds is 5. The highest BCUT2D eigenvalue weighted by molar-refractivity contribution is 5.77. The van der Waals surface area contributed by atoms with Gasteiger partial charge in [-0.1, -0.05) is 13.3 Å². The molecule has 1 aromatic heterocycles. The molecule has 6 nitrogen and oxygen atoms in total. The Morgan fingerprint density at radius 3 is 3.09 bits per heavy atom. The molecule has 0 aliphatic carbocycles. The molecular weight excluding hydrogens is 282 g/mol. The first kappa shape index (κ1) is 15.2. The molecule has 1 amide bonds. The van der Waals surface area contributed by atoms with Gasteiger partial charge in [-0.05, 0) is 6.42 Å². The Morgan fingerprint density at radius 2 is 2.36 bits per heavy atom. The Balaban J connectivity index is 1.51. The SMILES string of the molecule is CCCCC(=O)N1CC2(C[C@@H](Oc3cnccn3)CCO2)C1. The number of hydrogen-bond donors (Lipinski definition) is 0. The summed E-state index contributed by atoms with van der Waals surface area (Å²) in [5, 5.41) is 0. The van der Waals surface area contributed by atoms with Crippen molar-refractivity contribution in [1.29, 1.82) is 0 Å². The van der Waals surface area contributed by atoms with Gasteiger partial charge in [0.05, 0.1) is 25.9 Å². The first-order valence-electron chi connectivity index (χ1n) is 8.05. The fourth-order valence-corrected chi connectivity index (χ4v) is 3.13. The molecule has 2 saturated heterocycles. The second-order valence-electron chi connectivity index (χ2n) is 6.16. The monoisotopic (exact) mass is 305 g/mol. The van der Waals surface area contributed by atoms with Crippen molar-refractivity contribution in [2.45, 2.75) is 50.7 Å². The molecule has 2 aliphatic heterocycles. The quantitative estimate of drug-likeness (QED) is 0.830. The Labute approximate surface area is 130 Å². The zero-order valence-corrected chi connectivity index (χ0v) is 13.0. The summed E-state index contributed by atoms with van der Waals surface area (Å²) in [5.41, 5.74) is -0.215. The molecule has 3 rings (SSSR count). The maximum atomic E-state index is 12.0. The molecule has 1 spiro atoms. The van der Waals surface area contributed by atoms with E-state index in [1.807, 2.05) is 4.90 Å². The average Bonchev–Trinajstić information content (AvgIpc) is 2.51. The smallest absolute Gasteiger partial charge is 0.232 e. The predicted octanol–water partition coefficient (Wildman–Crippen LogP) is 1.81. The van der Waals surface area contributed by atoms with Crippen LogP contribution in [0.15, 0.2) is 18.6 Å². The zero-order chi connectivity index (χ0) is 15.4. The Hall–Kier alpha value is -1.69. The molecule has 3 heterocycles. The van der Waals surface area contributed by atoms with Crippen LogP contribution in [0.1, 0.15) is 39.0 Å². The maximum Gasteiger partial charge on any atom is 0.232 e. The lowest BCUT2D eigenvalue weighted by molar-refractivity contribution is -0.193. The van der Waals surface area contributed by atoms with Gasteiger partial charge in [0, 0.05) is 31.7 Å². The first-order valence-corrected chi connectivity index (χ1v) is 8.05. The van der Waals surface area contributed by atoms with Crippen LogP contribution in [0.2, 0.25) is 0 Å². The summed E-state index contributed by atoms with van der Waals surface area (Å²) < 4.78 is 11.8. The van der Waals surface area contributed by atoms with E-state index in [1.165, 1.54) is 0 Å². The van der Waals surface area contributed by atoms with Crippen LogP contribution in [0.5, 0.6) is 5.88 Å². The van der Waals surface area contributed by atoms with E-state index in [2.05, 4.69) is 16.9 Å². The van der Waals surface area contributed by atoms with Crippen LogP contribution in [-0.2, 0) is 9.53 Å². The zero-order valence-electron chi connectivity index (χ0n) is 13.0. The highest BCUT2D eigenvalue weighted by Crippen LogP contribution is 2.35. The van der Waals surface area contributed by atoms with Crippen LogP contribution in [0.3, 0.4) is 0 Å². The van der Waals surface area contributed by atoms with Crippen molar-refractivity contribution in [1.82, 2.24) is 14.9 Å². The molecule has 6 heteroatoms. The summed E-state index contributed by atoms with van der Waals surface area (Å²) in [6, 6.07) is 0. The Kier molecular flexibility index (Phi) is 4.57. The lowest BCUT2D eigenvalue weighted by Gasteiger charge is -2.52. The number of ether oxygens (including phenoxy) is 2. The van der Waals surface area contributed by atoms with Crippen molar-refractivity contribution in [3.8, 4) is 5.88 Å². The van der Waals surface area contributed by atoms with Gasteiger partial charge in [0.15, 0.2) is 0 Å². The second kappa shape index (κ2) is 6.60. The number of amides is 1. The lowest BCUT2D eigenvalue weighted by atomic mass is 9.84. The minimum Gasteiger partial charge on any atom is -0.473 e. The van der Waals surface area contributed by atoms with Crippen LogP contribution < -0.4 is 4.74 Å². The van der Waals surface area contributed by atoms with Gasteiger partial charge in [-0.3, -0.25) is 9.78 Å². The van der Waals surface area contributed by atoms with Gasteiger partial charge in [-0.2, -0.15) is 0 Å². The summed E-state index contributed by atoms with van der Waals surface area (Å²) in [4.78, 5) is 22.1. The van der Waals surface area contributed by atoms with Crippen molar-refractivity contribution >= 4 is 5.91 Å². The van der Waals surface area contributed by atoms with Crippen LogP contribution in [0.25, 0.3) is 0 Å². The lowest BCUT2D eigenvalue weighted by Crippen LogP contribution is -2.67. The molecule has 1 aromatic rings. The van der Waals surface area contributed by atoms with Gasteiger partial charge >= 0.3 is 0 Å². The second-order valence-corrected chi connectivity index (χ2v) is 6.16. The number of nitrogens with zero attached hydrogens (tertiary/aromatic N) is 3. The molecule has 22 heavy (non-hydrogen) atoms. The summed E-state index contributed by atoms with van der Waals surface area (Å²) in [7, 11) is 0. The minimum absolute atomic E-state index is 0.0818. The van der Waals surface area contributed by atoms with E-state index in [-0.39, 0.29) is 17.6 Å². The van der Waals surface area contributed by atoms with E-state index in [4.69, 9.17) is 9.47 Å². The summed E-state index contributed by atoms with van der Waals surface area (Å²) in [6.07, 6.45) is 9.28. The van der Waals surface area contributed by atoms with Crippen molar-refractivity contribution in [3.63, 3.8) is 0 Å². The molecule has 1 atom stereocenters. The van der Waals surface area contributed by atoms with E-state index in [0.29, 0.717) is 32.0 Å². The van der Waals surface area contributed by atoms with E-state index in [9.17, 15) is 4.79 Å². The maximum absolute atomic E-state index is 12.0. The van der Waals surface area contributed by atoms with Gasteiger partial charge in [0.25, 0.3) is 0 Å². The Bertz CT molecular complexity index is 503. The molecule has 0 N–H and O–H groups in total. The third-order valence-electron chi connectivity index (χ3n) is 4.33. The normalized spacial score (nSPS) is 23.1. The van der Waals surface area contributed by atoms with Crippen molar-refractivity contribution < 1.29 is 14.3 Å². The van der Waals surface area contributed by atoms with E-state index in [1.54, 1.807) is 18.6 Å². The molecule has 0 unspecified atom stereocenters. The van der Waals surface area contributed by atoms with Crippen molar-refractivity contribution in [2.24, 2.45) is 0 Å². The minimum atomic E-state index is -0.215. The summed E-state index contributed by atoms with van der Waals surface area (Å²) >= 11 is 0. The van der Waals surface area contributed by atoms with Crippen molar-refractivity contribution in [2.75, 3.05) is 19.7 Å². The van der Waals surface area contributed by atoms with Crippen LogP contribution in [-0.4, -0.2) is 52.2 Å². The molecule has 2 fully saturated rings. The molecular formula is C16H23N3O3.